The van der Waals surface area contributed by atoms with Gasteiger partial charge in [-0.05, 0) is 29.0 Å². The molecule has 0 spiro atoms. The van der Waals surface area contributed by atoms with E-state index in [-0.39, 0.29) is 6.04 Å². The Balaban J connectivity index is 1.80. The first-order chi connectivity index (χ1) is 9.84. The summed E-state index contributed by atoms with van der Waals surface area (Å²) in [6.45, 7) is 0.646. The minimum absolute atomic E-state index is 0.189. The molecule has 0 saturated carbocycles. The summed E-state index contributed by atoms with van der Waals surface area (Å²) in [7, 11) is 0. The van der Waals surface area contributed by atoms with Crippen molar-refractivity contribution < 1.29 is 5.11 Å². The Kier molecular flexibility index (Phi) is 4.16. The van der Waals surface area contributed by atoms with E-state index in [1.165, 1.54) is 9.75 Å². The van der Waals surface area contributed by atoms with Crippen LogP contribution in [0.25, 0.3) is 0 Å². The molecule has 0 radical (unpaired) electrons. The molecular formula is C16H15NOS2. The van der Waals surface area contributed by atoms with Gasteiger partial charge >= 0.3 is 0 Å². The molecule has 2 N–H and O–H groups in total. The van der Waals surface area contributed by atoms with Crippen LogP contribution in [0.2, 0.25) is 0 Å². The summed E-state index contributed by atoms with van der Waals surface area (Å²) < 4.78 is 0. The molecule has 3 aromatic rings. The van der Waals surface area contributed by atoms with Gasteiger partial charge in [0, 0.05) is 21.9 Å². The first kappa shape index (κ1) is 13.4. The molecule has 2 aromatic heterocycles. The predicted molar refractivity (Wildman–Crippen MR) is 85.4 cm³/mol. The Morgan fingerprint density at radius 3 is 2.10 bits per heavy atom. The van der Waals surface area contributed by atoms with Crippen LogP contribution in [0.3, 0.4) is 0 Å². The molecule has 0 fully saturated rings. The number of benzene rings is 1. The molecule has 0 aliphatic heterocycles. The third-order valence-electron chi connectivity index (χ3n) is 3.14. The number of nitrogens with one attached hydrogen (secondary N) is 1. The van der Waals surface area contributed by atoms with E-state index in [1.54, 1.807) is 28.7 Å². The number of hydrogen-bond acceptors (Lipinski definition) is 4. The molecule has 0 amide bonds. The second-order valence-corrected chi connectivity index (χ2v) is 6.43. The lowest BCUT2D eigenvalue weighted by Crippen LogP contribution is -2.20. The average Bonchev–Trinajstić information content (AvgIpc) is 3.14. The third-order valence-corrected chi connectivity index (χ3v) is 5.02. The largest absolute Gasteiger partial charge is 0.508 e. The van der Waals surface area contributed by atoms with Gasteiger partial charge < -0.3 is 10.4 Å². The average molecular weight is 301 g/mol. The van der Waals surface area contributed by atoms with E-state index in [9.17, 15) is 5.11 Å². The minimum atomic E-state index is 0.189. The fourth-order valence-electron chi connectivity index (χ4n) is 2.12. The maximum absolute atomic E-state index is 9.85. The van der Waals surface area contributed by atoms with Crippen LogP contribution >= 0.6 is 22.7 Å². The van der Waals surface area contributed by atoms with Crippen molar-refractivity contribution in [3.63, 3.8) is 0 Å². The highest BCUT2D eigenvalue weighted by atomic mass is 32.1. The van der Waals surface area contributed by atoms with Gasteiger partial charge in [0.15, 0.2) is 0 Å². The van der Waals surface area contributed by atoms with Crippen LogP contribution in [0.4, 0.5) is 0 Å². The lowest BCUT2D eigenvalue weighted by molar-refractivity contribution is 0.462. The van der Waals surface area contributed by atoms with Crippen molar-refractivity contribution in [1.82, 2.24) is 5.32 Å². The molecule has 1 aromatic carbocycles. The van der Waals surface area contributed by atoms with E-state index in [2.05, 4.69) is 40.3 Å². The first-order valence-corrected chi connectivity index (χ1v) is 8.17. The highest BCUT2D eigenvalue weighted by Crippen LogP contribution is 2.30. The first-order valence-electron chi connectivity index (χ1n) is 6.41. The topological polar surface area (TPSA) is 32.3 Å². The number of thiophene rings is 2. The summed E-state index contributed by atoms with van der Waals surface area (Å²) >= 11 is 3.50. The summed E-state index contributed by atoms with van der Waals surface area (Å²) in [5, 5.41) is 17.6. The van der Waals surface area contributed by atoms with Gasteiger partial charge in [-0.25, -0.2) is 0 Å². The minimum Gasteiger partial charge on any atom is -0.508 e. The summed E-state index contributed by atoms with van der Waals surface area (Å²) in [6.07, 6.45) is 0. The number of phenolic OH excluding ortho intramolecular Hbond substituents is 1. The molecule has 3 rings (SSSR count). The SMILES string of the molecule is Oc1ccccc1CNC(c1cccs1)c1cccs1. The zero-order chi connectivity index (χ0) is 13.8. The van der Waals surface area contributed by atoms with E-state index in [4.69, 9.17) is 0 Å². The van der Waals surface area contributed by atoms with E-state index < -0.39 is 0 Å². The fourth-order valence-corrected chi connectivity index (χ4v) is 3.83. The summed E-state index contributed by atoms with van der Waals surface area (Å²) in [6, 6.07) is 16.1. The number of para-hydroxylation sites is 1. The molecular weight excluding hydrogens is 286 g/mol. The van der Waals surface area contributed by atoms with Crippen LogP contribution in [0.15, 0.2) is 59.3 Å². The van der Waals surface area contributed by atoms with Gasteiger partial charge in [0.2, 0.25) is 0 Å². The van der Waals surface area contributed by atoms with Crippen molar-refractivity contribution in [3.05, 3.63) is 74.6 Å². The van der Waals surface area contributed by atoms with Gasteiger partial charge in [0.25, 0.3) is 0 Å². The van der Waals surface area contributed by atoms with Gasteiger partial charge in [-0.1, -0.05) is 30.3 Å². The molecule has 0 saturated heterocycles. The van der Waals surface area contributed by atoms with Crippen molar-refractivity contribution in [2.75, 3.05) is 0 Å². The van der Waals surface area contributed by atoms with Gasteiger partial charge in [0.05, 0.1) is 6.04 Å². The highest BCUT2D eigenvalue weighted by molar-refractivity contribution is 7.11. The van der Waals surface area contributed by atoms with E-state index in [0.29, 0.717) is 12.3 Å². The maximum atomic E-state index is 9.85. The normalized spacial score (nSPS) is 11.1. The maximum Gasteiger partial charge on any atom is 0.120 e. The standard InChI is InChI=1S/C16H15NOS2/c18-13-6-2-1-5-12(13)11-17-16(14-7-3-9-19-14)15-8-4-10-20-15/h1-10,16-18H,11H2. The van der Waals surface area contributed by atoms with Crippen molar-refractivity contribution in [2.45, 2.75) is 12.6 Å². The number of aromatic hydroxyl groups is 1. The number of phenols is 1. The van der Waals surface area contributed by atoms with Crippen LogP contribution < -0.4 is 5.32 Å². The fraction of sp³-hybridized carbons (Fsp3) is 0.125. The predicted octanol–water partition coefficient (Wildman–Crippen LogP) is 4.39. The lowest BCUT2D eigenvalue weighted by atomic mass is 10.1. The molecule has 0 bridgehead atoms. The van der Waals surface area contributed by atoms with Crippen molar-refractivity contribution in [1.29, 1.82) is 0 Å². The molecule has 0 aliphatic carbocycles. The zero-order valence-corrected chi connectivity index (χ0v) is 12.5. The Labute approximate surface area is 126 Å². The summed E-state index contributed by atoms with van der Waals surface area (Å²) in [5.74, 6) is 0.344. The molecule has 102 valence electrons. The Morgan fingerprint density at radius 1 is 0.900 bits per heavy atom. The quantitative estimate of drug-likeness (QED) is 0.732. The molecule has 0 atom stereocenters. The smallest absolute Gasteiger partial charge is 0.120 e. The Morgan fingerprint density at radius 2 is 1.55 bits per heavy atom. The van der Waals surface area contributed by atoms with Gasteiger partial charge in [-0.3, -0.25) is 0 Å². The van der Waals surface area contributed by atoms with Gasteiger partial charge in [-0.15, -0.1) is 22.7 Å². The van der Waals surface area contributed by atoms with E-state index >= 15 is 0 Å². The molecule has 2 nitrogen and oxygen atoms in total. The molecule has 4 heteroatoms. The highest BCUT2D eigenvalue weighted by Gasteiger charge is 2.16. The van der Waals surface area contributed by atoms with Gasteiger partial charge in [-0.2, -0.15) is 0 Å². The van der Waals surface area contributed by atoms with Crippen LogP contribution in [0.1, 0.15) is 21.4 Å². The van der Waals surface area contributed by atoms with Crippen LogP contribution in [-0.2, 0) is 6.54 Å². The second kappa shape index (κ2) is 6.22. The van der Waals surface area contributed by atoms with Crippen molar-refractivity contribution in [2.24, 2.45) is 0 Å². The number of rotatable bonds is 5. The second-order valence-electron chi connectivity index (χ2n) is 4.47. The van der Waals surface area contributed by atoms with Crippen LogP contribution in [-0.4, -0.2) is 5.11 Å². The van der Waals surface area contributed by atoms with Crippen molar-refractivity contribution >= 4 is 22.7 Å². The molecule has 0 unspecified atom stereocenters. The monoisotopic (exact) mass is 301 g/mol. The van der Waals surface area contributed by atoms with Crippen LogP contribution in [0, 0.1) is 0 Å². The summed E-state index contributed by atoms with van der Waals surface area (Å²) in [5.41, 5.74) is 0.922. The number of hydrogen-bond donors (Lipinski definition) is 2. The third kappa shape index (κ3) is 2.93. The molecule has 20 heavy (non-hydrogen) atoms. The van der Waals surface area contributed by atoms with Gasteiger partial charge in [0.1, 0.15) is 5.75 Å². The Bertz CT molecular complexity index is 613. The molecule has 0 aliphatic rings. The molecule has 2 heterocycles. The summed E-state index contributed by atoms with van der Waals surface area (Å²) in [4.78, 5) is 2.59. The van der Waals surface area contributed by atoms with E-state index in [1.807, 2.05) is 18.2 Å². The van der Waals surface area contributed by atoms with Crippen molar-refractivity contribution in [3.8, 4) is 5.75 Å². The van der Waals surface area contributed by atoms with E-state index in [0.717, 1.165) is 5.56 Å². The lowest BCUT2D eigenvalue weighted by Gasteiger charge is -2.16. The van der Waals surface area contributed by atoms with Crippen LogP contribution in [0.5, 0.6) is 5.75 Å². The Hall–Kier alpha value is -1.62. The zero-order valence-electron chi connectivity index (χ0n) is 10.8.